The number of nitrogens with zero attached hydrogens (tertiary/aromatic N) is 1. The van der Waals surface area contributed by atoms with E-state index in [2.05, 4.69) is 40.0 Å². The van der Waals surface area contributed by atoms with E-state index in [0.717, 1.165) is 0 Å². The predicted octanol–water partition coefficient (Wildman–Crippen LogP) is 1.59. The Kier molecular flexibility index (Phi) is 10.7. The first-order chi connectivity index (χ1) is 5.83. The second-order valence-electron chi connectivity index (χ2n) is 5.24. The smallest absolute Gasteiger partial charge is 0.667 e. The molecule has 0 radical (unpaired) electrons. The van der Waals surface area contributed by atoms with Crippen LogP contribution >= 0.6 is 0 Å². The van der Waals surface area contributed by atoms with Gasteiger partial charge in [0.25, 0.3) is 0 Å². The SMILES string of the molecule is CCC[Si](C)(C)[N-][Si](C)(C)CCC.[K+]. The topological polar surface area (TPSA) is 14.1 Å². The van der Waals surface area contributed by atoms with E-state index >= 15 is 0 Å². The molecule has 80 valence electrons. The monoisotopic (exact) mass is 255 g/mol. The Hall–Kier alpha value is 2.03. The molecular formula is C10H26KNSi2. The molecule has 0 aromatic rings. The summed E-state index contributed by atoms with van der Waals surface area (Å²) in [7, 11) is -2.38. The summed E-state index contributed by atoms with van der Waals surface area (Å²) < 4.78 is 5.20. The molecule has 0 unspecified atom stereocenters. The summed E-state index contributed by atoms with van der Waals surface area (Å²) in [6, 6.07) is 2.74. The first-order valence-corrected chi connectivity index (χ1v) is 11.9. The van der Waals surface area contributed by atoms with Gasteiger partial charge in [0.05, 0.1) is 0 Å². The Morgan fingerprint density at radius 1 is 0.786 bits per heavy atom. The Balaban J connectivity index is 0. The molecule has 0 rings (SSSR count). The second kappa shape index (κ2) is 8.17. The third-order valence-corrected chi connectivity index (χ3v) is 10.6. The van der Waals surface area contributed by atoms with Gasteiger partial charge in [0.15, 0.2) is 0 Å². The molecule has 0 aliphatic heterocycles. The fourth-order valence-electron chi connectivity index (χ4n) is 2.15. The molecule has 0 atom stereocenters. The van der Waals surface area contributed by atoms with E-state index in [0.29, 0.717) is 0 Å². The minimum atomic E-state index is -1.19. The Morgan fingerprint density at radius 2 is 1.07 bits per heavy atom. The van der Waals surface area contributed by atoms with Crippen molar-refractivity contribution < 1.29 is 51.4 Å². The van der Waals surface area contributed by atoms with Crippen LogP contribution in [-0.2, 0) is 0 Å². The largest absolute Gasteiger partial charge is 1.00 e. The number of hydrogen-bond donors (Lipinski definition) is 0. The maximum absolute atomic E-state index is 5.20. The fourth-order valence-corrected chi connectivity index (χ4v) is 12.1. The summed E-state index contributed by atoms with van der Waals surface area (Å²) >= 11 is 0. The van der Waals surface area contributed by atoms with Crippen molar-refractivity contribution in [3.8, 4) is 0 Å². The first-order valence-electron chi connectivity index (χ1n) is 5.57. The third-order valence-electron chi connectivity index (χ3n) is 2.33. The molecule has 0 N–H and O–H groups in total. The van der Waals surface area contributed by atoms with Crippen LogP contribution in [-0.4, -0.2) is 16.5 Å². The average molecular weight is 256 g/mol. The normalized spacial score (nSPS) is 12.4. The second-order valence-corrected chi connectivity index (χ2v) is 14.4. The van der Waals surface area contributed by atoms with Crippen molar-refractivity contribution in [1.82, 2.24) is 0 Å². The molecule has 0 saturated carbocycles. The van der Waals surface area contributed by atoms with Crippen LogP contribution < -0.4 is 51.4 Å². The van der Waals surface area contributed by atoms with E-state index in [4.69, 9.17) is 4.65 Å². The fraction of sp³-hybridized carbons (Fsp3) is 1.00. The zero-order valence-electron chi connectivity index (χ0n) is 11.3. The van der Waals surface area contributed by atoms with Crippen molar-refractivity contribution in [2.45, 2.75) is 65.0 Å². The van der Waals surface area contributed by atoms with E-state index < -0.39 is 16.5 Å². The zero-order valence-corrected chi connectivity index (χ0v) is 16.4. The van der Waals surface area contributed by atoms with E-state index in [-0.39, 0.29) is 51.4 Å². The summed E-state index contributed by atoms with van der Waals surface area (Å²) in [6.07, 6.45) is 2.61. The Labute approximate surface area is 135 Å². The van der Waals surface area contributed by atoms with Gasteiger partial charge < -0.3 is 4.65 Å². The molecule has 0 amide bonds. The molecule has 0 aromatic heterocycles. The van der Waals surface area contributed by atoms with Crippen LogP contribution in [0.25, 0.3) is 4.65 Å². The molecule has 0 aliphatic rings. The van der Waals surface area contributed by atoms with Crippen LogP contribution in [0.1, 0.15) is 26.7 Å². The molecule has 0 spiro atoms. The van der Waals surface area contributed by atoms with Crippen molar-refractivity contribution in [3.05, 3.63) is 4.65 Å². The van der Waals surface area contributed by atoms with Crippen LogP contribution in [0.3, 0.4) is 0 Å². The van der Waals surface area contributed by atoms with E-state index in [9.17, 15) is 0 Å². The summed E-state index contributed by atoms with van der Waals surface area (Å²) in [5.74, 6) is 0. The van der Waals surface area contributed by atoms with Crippen LogP contribution in [0, 0.1) is 0 Å². The van der Waals surface area contributed by atoms with E-state index in [1.807, 2.05) is 0 Å². The van der Waals surface area contributed by atoms with Gasteiger partial charge in [0, 0.05) is 0 Å². The van der Waals surface area contributed by atoms with Crippen molar-refractivity contribution in [2.24, 2.45) is 0 Å². The summed E-state index contributed by atoms with van der Waals surface area (Å²) in [4.78, 5) is 0. The average Bonchev–Trinajstić information content (AvgIpc) is 1.82. The molecule has 0 saturated heterocycles. The van der Waals surface area contributed by atoms with Crippen LogP contribution in [0.4, 0.5) is 0 Å². The van der Waals surface area contributed by atoms with Gasteiger partial charge in [0.2, 0.25) is 0 Å². The van der Waals surface area contributed by atoms with Crippen LogP contribution in [0.15, 0.2) is 0 Å². The van der Waals surface area contributed by atoms with E-state index in [1.165, 1.54) is 24.9 Å². The number of rotatable bonds is 6. The van der Waals surface area contributed by atoms with Gasteiger partial charge in [-0.05, 0) is 0 Å². The maximum atomic E-state index is 5.20. The Bertz CT molecular complexity index is 133. The summed E-state index contributed by atoms with van der Waals surface area (Å²) in [5, 5.41) is 0. The van der Waals surface area contributed by atoms with Gasteiger partial charge in [-0.25, -0.2) is 0 Å². The van der Waals surface area contributed by atoms with Crippen LogP contribution in [0.2, 0.25) is 38.3 Å². The minimum absolute atomic E-state index is 0. The van der Waals surface area contributed by atoms with Gasteiger partial charge in [-0.2, -0.15) is 0 Å². The predicted molar refractivity (Wildman–Crippen MR) is 68.5 cm³/mol. The van der Waals surface area contributed by atoms with Crippen LogP contribution in [0.5, 0.6) is 0 Å². The van der Waals surface area contributed by atoms with Gasteiger partial charge in [-0.3, -0.25) is 0 Å². The zero-order chi connectivity index (χ0) is 10.5. The summed E-state index contributed by atoms with van der Waals surface area (Å²) in [5.41, 5.74) is 0. The third kappa shape index (κ3) is 9.27. The van der Waals surface area contributed by atoms with Crippen molar-refractivity contribution >= 4 is 16.5 Å². The van der Waals surface area contributed by atoms with Gasteiger partial charge in [-0.15, -0.1) is 0 Å². The van der Waals surface area contributed by atoms with E-state index in [1.54, 1.807) is 0 Å². The molecule has 1 nitrogen and oxygen atoms in total. The maximum Gasteiger partial charge on any atom is 1.00 e. The molecule has 0 fully saturated rings. The first kappa shape index (κ1) is 18.4. The quantitative estimate of drug-likeness (QED) is 0.640. The Morgan fingerprint density at radius 3 is 1.29 bits per heavy atom. The van der Waals surface area contributed by atoms with Crippen molar-refractivity contribution in [2.75, 3.05) is 0 Å². The summed E-state index contributed by atoms with van der Waals surface area (Å²) in [6.45, 7) is 14.2. The molecule has 0 aliphatic carbocycles. The molecular weight excluding hydrogens is 229 g/mol. The van der Waals surface area contributed by atoms with Gasteiger partial charge in [-0.1, -0.05) is 81.4 Å². The van der Waals surface area contributed by atoms with Crippen molar-refractivity contribution in [3.63, 3.8) is 0 Å². The molecule has 14 heavy (non-hydrogen) atoms. The molecule has 0 bridgehead atoms. The molecule has 4 heteroatoms. The minimum Gasteiger partial charge on any atom is -0.667 e. The van der Waals surface area contributed by atoms with Crippen molar-refractivity contribution in [1.29, 1.82) is 0 Å². The van der Waals surface area contributed by atoms with Gasteiger partial charge >= 0.3 is 51.4 Å². The molecule has 0 aromatic carbocycles. The standard InChI is InChI=1S/C10H26NSi2.K/c1-7-9-12(3,4)11-13(5,6)10-8-2;/h7-10H2,1-6H3;/q-1;+1. The molecule has 0 heterocycles. The number of hydrogen-bond acceptors (Lipinski definition) is 0. The van der Waals surface area contributed by atoms with Gasteiger partial charge in [0.1, 0.15) is 0 Å².